The van der Waals surface area contributed by atoms with Crippen LogP contribution >= 0.6 is 11.8 Å². The highest BCUT2D eigenvalue weighted by molar-refractivity contribution is 8.00. The first-order valence-electron chi connectivity index (χ1n) is 12.0. The summed E-state index contributed by atoms with van der Waals surface area (Å²) in [5, 5.41) is 6.18. The molecule has 12 heteroatoms. The van der Waals surface area contributed by atoms with Gasteiger partial charge in [-0.1, -0.05) is 0 Å². The van der Waals surface area contributed by atoms with Gasteiger partial charge in [0, 0.05) is 44.4 Å². The number of nitrogens with one attached hydrogen (secondary N) is 2. The van der Waals surface area contributed by atoms with Gasteiger partial charge in [-0.05, 0) is 30.5 Å². The third kappa shape index (κ3) is 5.65. The van der Waals surface area contributed by atoms with E-state index < -0.39 is 5.82 Å². The lowest BCUT2D eigenvalue weighted by atomic mass is 9.95. The van der Waals surface area contributed by atoms with Gasteiger partial charge in [-0.25, -0.2) is 14.4 Å². The Morgan fingerprint density at radius 1 is 1.30 bits per heavy atom. The summed E-state index contributed by atoms with van der Waals surface area (Å²) < 4.78 is 19.9. The Bertz CT molecular complexity index is 1340. The minimum absolute atomic E-state index is 0.0163. The van der Waals surface area contributed by atoms with E-state index in [0.29, 0.717) is 73.2 Å². The minimum Gasteiger partial charge on any atom is -0.481 e. The average molecular weight is 526 g/mol. The monoisotopic (exact) mass is 525 g/mol. The number of likely N-dealkylation sites (tertiary alicyclic amines) is 1. The fourth-order valence-corrected chi connectivity index (χ4v) is 5.62. The van der Waals surface area contributed by atoms with Gasteiger partial charge in [0.05, 0.1) is 46.6 Å². The Labute approximate surface area is 217 Å². The van der Waals surface area contributed by atoms with Crippen molar-refractivity contribution in [3.05, 3.63) is 47.5 Å². The van der Waals surface area contributed by atoms with Crippen molar-refractivity contribution in [2.45, 2.75) is 17.9 Å². The number of rotatable bonds is 9. The summed E-state index contributed by atoms with van der Waals surface area (Å²) in [6.45, 7) is 2.81. The maximum Gasteiger partial charge on any atom is 0.235 e. The summed E-state index contributed by atoms with van der Waals surface area (Å²) in [6, 6.07) is 7.34. The fraction of sp³-hybridized carbons (Fsp3) is 0.400. The van der Waals surface area contributed by atoms with Crippen molar-refractivity contribution in [2.24, 2.45) is 17.6 Å². The van der Waals surface area contributed by atoms with E-state index in [1.165, 1.54) is 25.1 Å². The topological polar surface area (TPSA) is 135 Å². The zero-order chi connectivity index (χ0) is 25.9. The van der Waals surface area contributed by atoms with Crippen LogP contribution in [0.25, 0.3) is 11.0 Å². The molecule has 0 spiro atoms. The standard InChI is InChI=1S/C25H28FN7O3S/c1-36-22-5-3-19-23(32-22)16(18(26)10-29-19)6-7-33-11-14(17(12-33)24(27)35)8-28-9-15-2-4-20-25(30-15)31-21(34)13-37-20/h2-5,10,14,17,28H,6-9,11-13H2,1H3,(H2,27,35)(H,30,31,34)/t14-,17+/m0/s1. The molecular formula is C25H28FN7O3S. The number of anilines is 1. The van der Waals surface area contributed by atoms with Crippen LogP contribution in [0.15, 0.2) is 35.4 Å². The molecule has 0 bridgehead atoms. The molecule has 3 aromatic heterocycles. The Morgan fingerprint density at radius 2 is 2.16 bits per heavy atom. The molecule has 194 valence electrons. The molecule has 2 aliphatic heterocycles. The smallest absolute Gasteiger partial charge is 0.235 e. The predicted molar refractivity (Wildman–Crippen MR) is 138 cm³/mol. The third-order valence-electron chi connectivity index (χ3n) is 6.75. The Hall–Kier alpha value is -3.35. The van der Waals surface area contributed by atoms with Gasteiger partial charge in [-0.3, -0.25) is 14.6 Å². The van der Waals surface area contributed by atoms with E-state index in [-0.39, 0.29) is 23.7 Å². The first-order chi connectivity index (χ1) is 17.9. The SMILES string of the molecule is COc1ccc2ncc(F)c(CCN3C[C@H](CNCc4ccc5c(n4)NC(=O)CS5)[C@H](C(N)=O)C3)c2n1. The van der Waals surface area contributed by atoms with Gasteiger partial charge in [0.25, 0.3) is 0 Å². The summed E-state index contributed by atoms with van der Waals surface area (Å²) in [7, 11) is 1.52. The average Bonchev–Trinajstić information content (AvgIpc) is 3.31. The van der Waals surface area contributed by atoms with Crippen LogP contribution in [-0.4, -0.2) is 70.7 Å². The molecule has 5 heterocycles. The first-order valence-corrected chi connectivity index (χ1v) is 13.0. The molecule has 10 nitrogen and oxygen atoms in total. The lowest BCUT2D eigenvalue weighted by Gasteiger charge is -2.18. The number of fused-ring (bicyclic) bond motifs is 2. The van der Waals surface area contributed by atoms with Gasteiger partial charge in [0.2, 0.25) is 17.7 Å². The molecule has 37 heavy (non-hydrogen) atoms. The van der Waals surface area contributed by atoms with Crippen LogP contribution < -0.4 is 21.1 Å². The second-order valence-corrected chi connectivity index (χ2v) is 10.2. The number of thioether (sulfide) groups is 1. The minimum atomic E-state index is -0.413. The van der Waals surface area contributed by atoms with Gasteiger partial charge < -0.3 is 26.0 Å². The van der Waals surface area contributed by atoms with Crippen LogP contribution in [0.4, 0.5) is 10.2 Å². The third-order valence-corrected chi connectivity index (χ3v) is 7.80. The maximum absolute atomic E-state index is 14.7. The normalized spacial score (nSPS) is 19.6. The first kappa shape index (κ1) is 25.3. The Morgan fingerprint density at radius 3 is 2.97 bits per heavy atom. The van der Waals surface area contributed by atoms with Crippen LogP contribution in [0.5, 0.6) is 5.88 Å². The van der Waals surface area contributed by atoms with E-state index in [9.17, 15) is 14.0 Å². The van der Waals surface area contributed by atoms with E-state index in [4.69, 9.17) is 10.5 Å². The number of amides is 2. The predicted octanol–water partition coefficient (Wildman–Crippen LogP) is 1.58. The Balaban J connectivity index is 1.20. The molecule has 0 radical (unpaired) electrons. The number of pyridine rings is 3. The number of ether oxygens (including phenoxy) is 1. The van der Waals surface area contributed by atoms with Crippen LogP contribution in [0.3, 0.4) is 0 Å². The fourth-order valence-electron chi connectivity index (χ4n) is 4.86. The van der Waals surface area contributed by atoms with Crippen molar-refractivity contribution >= 4 is 40.4 Å². The van der Waals surface area contributed by atoms with Crippen molar-refractivity contribution in [1.82, 2.24) is 25.2 Å². The molecule has 0 saturated carbocycles. The molecule has 2 atom stereocenters. The number of nitrogens with two attached hydrogens (primary N) is 1. The van der Waals surface area contributed by atoms with E-state index in [1.54, 1.807) is 12.1 Å². The van der Waals surface area contributed by atoms with E-state index in [2.05, 4.69) is 30.5 Å². The van der Waals surface area contributed by atoms with Crippen molar-refractivity contribution in [3.8, 4) is 5.88 Å². The summed E-state index contributed by atoms with van der Waals surface area (Å²) in [6.07, 6.45) is 1.63. The summed E-state index contributed by atoms with van der Waals surface area (Å²) >= 11 is 1.47. The number of carbonyl (C=O) groups is 2. The Kier molecular flexibility index (Phi) is 7.49. The number of primary amides is 1. The quantitative estimate of drug-likeness (QED) is 0.380. The molecule has 2 amide bonds. The van der Waals surface area contributed by atoms with Crippen molar-refractivity contribution in [2.75, 3.05) is 44.4 Å². The number of hydrogen-bond acceptors (Lipinski definition) is 9. The summed E-state index contributed by atoms with van der Waals surface area (Å²) in [5.41, 5.74) is 8.08. The highest BCUT2D eigenvalue weighted by Crippen LogP contribution is 2.30. The van der Waals surface area contributed by atoms with E-state index >= 15 is 0 Å². The molecule has 5 rings (SSSR count). The zero-order valence-electron chi connectivity index (χ0n) is 20.4. The molecule has 1 fully saturated rings. The second kappa shape index (κ2) is 11.0. The van der Waals surface area contributed by atoms with Gasteiger partial charge in [0.1, 0.15) is 11.6 Å². The zero-order valence-corrected chi connectivity index (χ0v) is 21.2. The maximum atomic E-state index is 14.7. The molecule has 2 aliphatic rings. The van der Waals surface area contributed by atoms with Crippen molar-refractivity contribution < 1.29 is 18.7 Å². The van der Waals surface area contributed by atoms with Crippen molar-refractivity contribution in [1.29, 1.82) is 0 Å². The number of hydrogen-bond donors (Lipinski definition) is 3. The van der Waals surface area contributed by atoms with Crippen LogP contribution in [0.1, 0.15) is 11.3 Å². The molecular weight excluding hydrogens is 497 g/mol. The molecule has 4 N–H and O–H groups in total. The number of carbonyl (C=O) groups excluding carboxylic acids is 2. The van der Waals surface area contributed by atoms with Gasteiger partial charge in [-0.15, -0.1) is 11.8 Å². The van der Waals surface area contributed by atoms with Gasteiger partial charge in [-0.2, -0.15) is 0 Å². The second-order valence-electron chi connectivity index (χ2n) is 9.20. The molecule has 1 saturated heterocycles. The molecule has 0 aliphatic carbocycles. The van der Waals surface area contributed by atoms with Gasteiger partial charge in [0.15, 0.2) is 0 Å². The lowest BCUT2D eigenvalue weighted by molar-refractivity contribution is -0.122. The lowest BCUT2D eigenvalue weighted by Crippen LogP contribution is -2.35. The summed E-state index contributed by atoms with van der Waals surface area (Å²) in [4.78, 5) is 40.0. The van der Waals surface area contributed by atoms with E-state index in [1.807, 2.05) is 12.1 Å². The van der Waals surface area contributed by atoms with E-state index in [0.717, 1.165) is 10.6 Å². The largest absolute Gasteiger partial charge is 0.481 e. The van der Waals surface area contributed by atoms with Crippen LogP contribution in [0, 0.1) is 17.7 Å². The molecule has 3 aromatic rings. The van der Waals surface area contributed by atoms with Gasteiger partial charge >= 0.3 is 0 Å². The highest BCUT2D eigenvalue weighted by Gasteiger charge is 2.36. The molecule has 0 unspecified atom stereocenters. The number of aromatic nitrogens is 3. The summed E-state index contributed by atoms with van der Waals surface area (Å²) in [5.74, 6) is 0.285. The molecule has 0 aromatic carbocycles. The van der Waals surface area contributed by atoms with Crippen LogP contribution in [-0.2, 0) is 22.6 Å². The van der Waals surface area contributed by atoms with Crippen LogP contribution in [0.2, 0.25) is 0 Å². The number of halogens is 1. The number of methoxy groups -OCH3 is 1. The highest BCUT2D eigenvalue weighted by atomic mass is 32.2. The number of nitrogens with zero attached hydrogens (tertiary/aromatic N) is 4. The van der Waals surface area contributed by atoms with Crippen molar-refractivity contribution in [3.63, 3.8) is 0 Å².